The summed E-state index contributed by atoms with van der Waals surface area (Å²) in [6, 6.07) is 9.92. The predicted molar refractivity (Wildman–Crippen MR) is 96.4 cm³/mol. The van der Waals surface area contributed by atoms with Crippen LogP contribution in [0.5, 0.6) is 5.75 Å². The Morgan fingerprint density at radius 3 is 2.46 bits per heavy atom. The molecule has 7 heteroatoms. The van der Waals surface area contributed by atoms with Gasteiger partial charge in [0.2, 0.25) is 0 Å². The quantitative estimate of drug-likeness (QED) is 0.451. The SMILES string of the molecule is CC(O)C(N)C(NCc1cccc(I)c1)Oc1cc(F)cc(F)c1. The molecule has 0 bridgehead atoms. The first-order valence-corrected chi connectivity index (χ1v) is 8.47. The fourth-order valence-corrected chi connectivity index (χ4v) is 2.73. The fourth-order valence-electron chi connectivity index (χ4n) is 2.12. The molecule has 0 aliphatic rings. The molecule has 2 aromatic carbocycles. The van der Waals surface area contributed by atoms with Crippen LogP contribution in [0, 0.1) is 15.2 Å². The summed E-state index contributed by atoms with van der Waals surface area (Å²) in [5.41, 5.74) is 6.95. The highest BCUT2D eigenvalue weighted by molar-refractivity contribution is 14.1. The standard InChI is InChI=1S/C17H19F2IN2O2/c1-10(23)16(21)17(22-9-11-3-2-4-14(20)5-11)24-15-7-12(18)6-13(19)8-15/h2-8,10,16-17,22-23H,9,21H2,1H3. The van der Waals surface area contributed by atoms with Crippen molar-refractivity contribution in [3.05, 3.63) is 63.2 Å². The number of nitrogens with two attached hydrogens (primary N) is 1. The fraction of sp³-hybridized carbons (Fsp3) is 0.294. The van der Waals surface area contributed by atoms with Crippen LogP contribution >= 0.6 is 22.6 Å². The lowest BCUT2D eigenvalue weighted by Gasteiger charge is -2.28. The average Bonchev–Trinajstić information content (AvgIpc) is 2.49. The highest BCUT2D eigenvalue weighted by Gasteiger charge is 2.24. The van der Waals surface area contributed by atoms with Crippen molar-refractivity contribution in [2.75, 3.05) is 0 Å². The van der Waals surface area contributed by atoms with Gasteiger partial charge >= 0.3 is 0 Å². The molecule has 0 aliphatic heterocycles. The average molecular weight is 448 g/mol. The molecule has 3 atom stereocenters. The van der Waals surface area contributed by atoms with Crippen molar-refractivity contribution < 1.29 is 18.6 Å². The highest BCUT2D eigenvalue weighted by atomic mass is 127. The maximum Gasteiger partial charge on any atom is 0.168 e. The third kappa shape index (κ3) is 5.66. The van der Waals surface area contributed by atoms with E-state index in [0.29, 0.717) is 6.54 Å². The van der Waals surface area contributed by atoms with Crippen molar-refractivity contribution in [3.8, 4) is 5.75 Å². The smallest absolute Gasteiger partial charge is 0.168 e. The minimum absolute atomic E-state index is 0.00347. The zero-order chi connectivity index (χ0) is 17.7. The predicted octanol–water partition coefficient (Wildman–Crippen LogP) is 2.77. The van der Waals surface area contributed by atoms with Crippen LogP contribution in [0.1, 0.15) is 12.5 Å². The van der Waals surface area contributed by atoms with E-state index < -0.39 is 30.0 Å². The first-order valence-electron chi connectivity index (χ1n) is 7.39. The van der Waals surface area contributed by atoms with E-state index in [0.717, 1.165) is 27.3 Å². The van der Waals surface area contributed by atoms with Crippen LogP contribution in [0.3, 0.4) is 0 Å². The molecule has 4 nitrogen and oxygen atoms in total. The van der Waals surface area contributed by atoms with Crippen LogP contribution in [0.4, 0.5) is 8.78 Å². The molecule has 0 saturated heterocycles. The summed E-state index contributed by atoms with van der Waals surface area (Å²) in [5.74, 6) is -1.48. The van der Waals surface area contributed by atoms with Gasteiger partial charge in [0, 0.05) is 28.3 Å². The van der Waals surface area contributed by atoms with Gasteiger partial charge < -0.3 is 15.6 Å². The van der Waals surface area contributed by atoms with Crippen molar-refractivity contribution in [3.63, 3.8) is 0 Å². The number of aliphatic hydroxyl groups is 1. The lowest BCUT2D eigenvalue weighted by Crippen LogP contribution is -2.53. The van der Waals surface area contributed by atoms with Crippen LogP contribution in [0.15, 0.2) is 42.5 Å². The Morgan fingerprint density at radius 2 is 1.88 bits per heavy atom. The summed E-state index contributed by atoms with van der Waals surface area (Å²) >= 11 is 2.21. The minimum Gasteiger partial charge on any atom is -0.473 e. The summed E-state index contributed by atoms with van der Waals surface area (Å²) in [4.78, 5) is 0. The number of rotatable bonds is 7. The Hall–Kier alpha value is -1.29. The number of nitrogens with one attached hydrogen (secondary N) is 1. The molecule has 4 N–H and O–H groups in total. The zero-order valence-electron chi connectivity index (χ0n) is 13.0. The second kappa shape index (κ2) is 8.70. The Labute approximate surface area is 153 Å². The van der Waals surface area contributed by atoms with Crippen LogP contribution in [-0.4, -0.2) is 23.5 Å². The van der Waals surface area contributed by atoms with Gasteiger partial charge in [0.1, 0.15) is 17.4 Å². The van der Waals surface area contributed by atoms with E-state index in [1.165, 1.54) is 6.92 Å². The molecule has 2 rings (SSSR count). The van der Waals surface area contributed by atoms with Gasteiger partial charge in [0.25, 0.3) is 0 Å². The number of benzene rings is 2. The van der Waals surface area contributed by atoms with E-state index in [1.807, 2.05) is 24.3 Å². The number of ether oxygens (including phenoxy) is 1. The molecule has 0 spiro atoms. The van der Waals surface area contributed by atoms with Gasteiger partial charge in [-0.15, -0.1) is 0 Å². The molecule has 3 unspecified atom stereocenters. The molecule has 0 saturated carbocycles. The van der Waals surface area contributed by atoms with E-state index in [2.05, 4.69) is 27.9 Å². The number of hydrogen-bond donors (Lipinski definition) is 3. The van der Waals surface area contributed by atoms with E-state index in [9.17, 15) is 13.9 Å². The Balaban J connectivity index is 2.12. The maximum atomic E-state index is 13.3. The van der Waals surface area contributed by atoms with Gasteiger partial charge in [-0.1, -0.05) is 12.1 Å². The van der Waals surface area contributed by atoms with E-state index in [1.54, 1.807) is 0 Å². The van der Waals surface area contributed by atoms with Crippen LogP contribution in [0.25, 0.3) is 0 Å². The Bertz CT molecular complexity index is 665. The van der Waals surface area contributed by atoms with Crippen molar-refractivity contribution in [2.24, 2.45) is 5.73 Å². The molecular formula is C17H19F2IN2O2. The summed E-state index contributed by atoms with van der Waals surface area (Å²) in [6.07, 6.45) is -1.68. The van der Waals surface area contributed by atoms with Gasteiger partial charge in [-0.05, 0) is 47.2 Å². The summed E-state index contributed by atoms with van der Waals surface area (Å²) in [5, 5.41) is 12.8. The lowest BCUT2D eigenvalue weighted by atomic mass is 10.1. The second-order valence-corrected chi connectivity index (χ2v) is 6.72. The third-order valence-electron chi connectivity index (χ3n) is 3.40. The molecule has 130 valence electrons. The van der Waals surface area contributed by atoms with Crippen molar-refractivity contribution in [2.45, 2.75) is 31.8 Å². The molecule has 0 aromatic heterocycles. The monoisotopic (exact) mass is 448 g/mol. The molecule has 0 aliphatic carbocycles. The molecular weight excluding hydrogens is 429 g/mol. The molecule has 0 fully saturated rings. The molecule has 24 heavy (non-hydrogen) atoms. The molecule has 0 heterocycles. The highest BCUT2D eigenvalue weighted by Crippen LogP contribution is 2.18. The van der Waals surface area contributed by atoms with Gasteiger partial charge in [-0.3, -0.25) is 5.32 Å². The van der Waals surface area contributed by atoms with Crippen molar-refractivity contribution >= 4 is 22.6 Å². The third-order valence-corrected chi connectivity index (χ3v) is 4.07. The first-order chi connectivity index (χ1) is 11.3. The normalized spacial score (nSPS) is 14.9. The van der Waals surface area contributed by atoms with Crippen LogP contribution in [-0.2, 0) is 6.54 Å². The van der Waals surface area contributed by atoms with E-state index >= 15 is 0 Å². The number of halogens is 3. The van der Waals surface area contributed by atoms with E-state index in [-0.39, 0.29) is 5.75 Å². The summed E-state index contributed by atoms with van der Waals surface area (Å²) in [6.45, 7) is 1.96. The first kappa shape index (κ1) is 19.0. The Kier molecular flexibility index (Phi) is 6.90. The largest absolute Gasteiger partial charge is 0.473 e. The van der Waals surface area contributed by atoms with Crippen LogP contribution < -0.4 is 15.8 Å². The van der Waals surface area contributed by atoms with E-state index in [4.69, 9.17) is 10.5 Å². The van der Waals surface area contributed by atoms with Gasteiger partial charge in [-0.25, -0.2) is 8.78 Å². The summed E-state index contributed by atoms with van der Waals surface area (Å²) < 4.78 is 33.3. The molecule has 0 radical (unpaired) electrons. The van der Waals surface area contributed by atoms with Crippen molar-refractivity contribution in [1.82, 2.24) is 5.32 Å². The molecule has 0 amide bonds. The van der Waals surface area contributed by atoms with Gasteiger partial charge in [-0.2, -0.15) is 0 Å². The second-order valence-electron chi connectivity index (χ2n) is 5.47. The van der Waals surface area contributed by atoms with Crippen LogP contribution in [0.2, 0.25) is 0 Å². The summed E-state index contributed by atoms with van der Waals surface area (Å²) in [7, 11) is 0. The topological polar surface area (TPSA) is 67.5 Å². The Morgan fingerprint density at radius 1 is 1.21 bits per heavy atom. The number of aliphatic hydroxyl groups excluding tert-OH is 1. The van der Waals surface area contributed by atoms with Gasteiger partial charge in [0.15, 0.2) is 6.23 Å². The van der Waals surface area contributed by atoms with Crippen molar-refractivity contribution in [1.29, 1.82) is 0 Å². The lowest BCUT2D eigenvalue weighted by molar-refractivity contribution is 0.0591. The zero-order valence-corrected chi connectivity index (χ0v) is 15.2. The maximum absolute atomic E-state index is 13.3. The number of hydrogen-bond acceptors (Lipinski definition) is 4. The minimum atomic E-state index is -0.864. The molecule has 2 aromatic rings. The van der Waals surface area contributed by atoms with Gasteiger partial charge in [0.05, 0.1) is 12.1 Å².